The molecule has 0 fully saturated rings. The van der Waals surface area contributed by atoms with Crippen LogP contribution in [0.25, 0.3) is 49.0 Å². The number of nitrogens with zero attached hydrogens (tertiary/aromatic N) is 1. The third-order valence-corrected chi connectivity index (χ3v) is 7.49. The number of hydrogen-bond acceptors (Lipinski definition) is 1. The quantitative estimate of drug-likeness (QED) is 0.255. The Bertz CT molecular complexity index is 1850. The molecule has 2 unspecified atom stereocenters. The minimum Gasteiger partial charge on any atom is -0.483 e. The summed E-state index contributed by atoms with van der Waals surface area (Å²) in [6.07, 6.45) is 8.73. The van der Waals surface area contributed by atoms with Gasteiger partial charge in [-0.25, -0.2) is 0 Å². The van der Waals surface area contributed by atoms with E-state index in [0.29, 0.717) is 0 Å². The second kappa shape index (κ2) is 6.61. The zero-order chi connectivity index (χ0) is 22.2. The van der Waals surface area contributed by atoms with Crippen molar-refractivity contribution in [2.75, 3.05) is 0 Å². The zero-order valence-electron chi connectivity index (χ0n) is 18.5. The Balaban J connectivity index is 1.58. The van der Waals surface area contributed by atoms with E-state index in [0.717, 1.165) is 11.3 Å². The van der Waals surface area contributed by atoms with Crippen molar-refractivity contribution in [1.29, 1.82) is 0 Å². The summed E-state index contributed by atoms with van der Waals surface area (Å²) in [5, 5.41) is 7.48. The normalized spacial score (nSPS) is 18.6. The average Bonchev–Trinajstić information content (AvgIpc) is 3.42. The van der Waals surface area contributed by atoms with Gasteiger partial charge in [0.2, 0.25) is 0 Å². The van der Waals surface area contributed by atoms with Crippen molar-refractivity contribution in [3.8, 4) is 11.4 Å². The van der Waals surface area contributed by atoms with E-state index in [1.165, 1.54) is 49.1 Å². The molecule has 1 aliphatic carbocycles. The molecule has 8 rings (SSSR count). The van der Waals surface area contributed by atoms with Crippen molar-refractivity contribution >= 4 is 43.4 Å². The van der Waals surface area contributed by atoms with Gasteiger partial charge in [0.25, 0.3) is 0 Å². The van der Waals surface area contributed by atoms with Gasteiger partial charge in [0.1, 0.15) is 11.9 Å². The van der Waals surface area contributed by atoms with Crippen molar-refractivity contribution in [3.05, 3.63) is 121 Å². The molecule has 5 aromatic carbocycles. The first kappa shape index (κ1) is 18.2. The molecule has 34 heavy (non-hydrogen) atoms. The highest BCUT2D eigenvalue weighted by Crippen LogP contribution is 2.49. The predicted molar refractivity (Wildman–Crippen MR) is 141 cm³/mol. The fraction of sp³-hybridized carbons (Fsp3) is 0.0625. The smallest absolute Gasteiger partial charge is 0.148 e. The Morgan fingerprint density at radius 2 is 1.38 bits per heavy atom. The molecular weight excluding hydrogens is 414 g/mol. The third-order valence-electron chi connectivity index (χ3n) is 7.49. The van der Waals surface area contributed by atoms with Crippen molar-refractivity contribution in [1.82, 2.24) is 4.57 Å². The van der Waals surface area contributed by atoms with Crippen LogP contribution in [0.2, 0.25) is 0 Å². The van der Waals surface area contributed by atoms with Gasteiger partial charge in [-0.05, 0) is 40.4 Å². The largest absolute Gasteiger partial charge is 0.483 e. The summed E-state index contributed by atoms with van der Waals surface area (Å²) in [5.41, 5.74) is 4.83. The van der Waals surface area contributed by atoms with Crippen LogP contribution in [0.5, 0.6) is 5.75 Å². The Kier molecular flexibility index (Phi) is 3.53. The van der Waals surface area contributed by atoms with Gasteiger partial charge in [-0.15, -0.1) is 0 Å². The van der Waals surface area contributed by atoms with E-state index >= 15 is 0 Å². The topological polar surface area (TPSA) is 14.2 Å². The second-order valence-corrected chi connectivity index (χ2v) is 9.31. The molecule has 0 spiro atoms. The van der Waals surface area contributed by atoms with Gasteiger partial charge in [-0.3, -0.25) is 0 Å². The molecule has 0 bridgehead atoms. The van der Waals surface area contributed by atoms with Gasteiger partial charge in [0.15, 0.2) is 0 Å². The Labute approximate surface area is 197 Å². The van der Waals surface area contributed by atoms with Gasteiger partial charge in [-0.1, -0.05) is 91.0 Å². The molecule has 0 saturated heterocycles. The number of allylic oxidation sites excluding steroid dienone is 2. The number of aromatic nitrogens is 1. The van der Waals surface area contributed by atoms with Crippen LogP contribution in [-0.4, -0.2) is 10.7 Å². The van der Waals surface area contributed by atoms with E-state index < -0.39 is 0 Å². The van der Waals surface area contributed by atoms with Crippen molar-refractivity contribution in [2.45, 2.75) is 12.0 Å². The second-order valence-electron chi connectivity index (χ2n) is 9.31. The molecular formula is C32H21NO. The minimum atomic E-state index is 0.0589. The van der Waals surface area contributed by atoms with Gasteiger partial charge in [0.05, 0.1) is 16.7 Å². The summed E-state index contributed by atoms with van der Waals surface area (Å²) in [5.74, 6) is 1.28. The van der Waals surface area contributed by atoms with Crippen LogP contribution in [0.4, 0.5) is 0 Å². The average molecular weight is 436 g/mol. The summed E-state index contributed by atoms with van der Waals surface area (Å²) in [4.78, 5) is 0. The van der Waals surface area contributed by atoms with Gasteiger partial charge < -0.3 is 9.30 Å². The van der Waals surface area contributed by atoms with Crippen LogP contribution >= 0.6 is 0 Å². The Morgan fingerprint density at radius 3 is 2.29 bits per heavy atom. The molecule has 0 amide bonds. The Hall–Kier alpha value is -4.30. The SMILES string of the molecule is C1=CC2Oc3c(ccc4c5cc6ccccc6cc5n(-c5cccc6ccccc56)c34)C2C=C1. The summed E-state index contributed by atoms with van der Waals surface area (Å²) in [7, 11) is 0. The van der Waals surface area contributed by atoms with Crippen molar-refractivity contribution in [3.63, 3.8) is 0 Å². The molecule has 2 heterocycles. The lowest BCUT2D eigenvalue weighted by molar-refractivity contribution is 0.271. The highest BCUT2D eigenvalue weighted by molar-refractivity contribution is 6.16. The zero-order valence-corrected chi connectivity index (χ0v) is 18.5. The molecule has 1 aliphatic heterocycles. The van der Waals surface area contributed by atoms with E-state index in [2.05, 4.69) is 120 Å². The fourth-order valence-corrected chi connectivity index (χ4v) is 5.93. The van der Waals surface area contributed by atoms with E-state index in [1.807, 2.05) is 0 Å². The molecule has 2 heteroatoms. The third kappa shape index (κ3) is 2.35. The molecule has 0 saturated carbocycles. The minimum absolute atomic E-state index is 0.0589. The molecule has 0 N–H and O–H groups in total. The van der Waals surface area contributed by atoms with Gasteiger partial charge >= 0.3 is 0 Å². The van der Waals surface area contributed by atoms with E-state index in [4.69, 9.17) is 4.74 Å². The van der Waals surface area contributed by atoms with Crippen molar-refractivity contribution < 1.29 is 4.74 Å². The summed E-state index contributed by atoms with van der Waals surface area (Å²) < 4.78 is 9.10. The molecule has 0 radical (unpaired) electrons. The van der Waals surface area contributed by atoms with Crippen LogP contribution < -0.4 is 4.74 Å². The van der Waals surface area contributed by atoms with Crippen LogP contribution in [0.1, 0.15) is 11.5 Å². The molecule has 160 valence electrons. The predicted octanol–water partition coefficient (Wildman–Crippen LogP) is 8.06. The number of hydrogen-bond donors (Lipinski definition) is 0. The van der Waals surface area contributed by atoms with Crippen LogP contribution in [0.3, 0.4) is 0 Å². The van der Waals surface area contributed by atoms with Crippen LogP contribution in [-0.2, 0) is 0 Å². The lowest BCUT2D eigenvalue weighted by Gasteiger charge is -2.14. The maximum absolute atomic E-state index is 6.67. The van der Waals surface area contributed by atoms with Gasteiger partial charge in [0, 0.05) is 27.6 Å². The number of rotatable bonds is 1. The number of ether oxygens (including phenoxy) is 1. The van der Waals surface area contributed by atoms with E-state index in [1.54, 1.807) is 0 Å². The molecule has 2 aliphatic rings. The fourth-order valence-electron chi connectivity index (χ4n) is 5.93. The molecule has 2 nitrogen and oxygen atoms in total. The standard InChI is InChI=1S/C32H21NO/c1-2-10-22-19-29-27(18-21(22)9-1)25-16-17-26-24-13-5-6-15-30(24)34-32(26)31(25)33(29)28-14-7-11-20-8-3-4-12-23(20)28/h1-19,24,30H. The molecule has 2 atom stereocenters. The Morgan fingerprint density at radius 1 is 0.618 bits per heavy atom. The lowest BCUT2D eigenvalue weighted by Crippen LogP contribution is -2.15. The maximum atomic E-state index is 6.67. The highest BCUT2D eigenvalue weighted by atomic mass is 16.5. The maximum Gasteiger partial charge on any atom is 0.148 e. The first-order valence-corrected chi connectivity index (χ1v) is 11.9. The van der Waals surface area contributed by atoms with Gasteiger partial charge in [-0.2, -0.15) is 0 Å². The lowest BCUT2D eigenvalue weighted by atomic mass is 9.91. The monoisotopic (exact) mass is 435 g/mol. The first-order chi connectivity index (χ1) is 16.9. The molecule has 1 aromatic heterocycles. The summed E-state index contributed by atoms with van der Waals surface area (Å²) in [6, 6.07) is 33.1. The molecule has 6 aromatic rings. The van der Waals surface area contributed by atoms with E-state index in [9.17, 15) is 0 Å². The van der Waals surface area contributed by atoms with E-state index in [-0.39, 0.29) is 12.0 Å². The van der Waals surface area contributed by atoms with Crippen LogP contribution in [0.15, 0.2) is 115 Å². The first-order valence-electron chi connectivity index (χ1n) is 11.9. The summed E-state index contributed by atoms with van der Waals surface area (Å²) in [6.45, 7) is 0. The van der Waals surface area contributed by atoms with Crippen LogP contribution in [0, 0.1) is 0 Å². The number of fused-ring (bicyclic) bond motifs is 9. The highest BCUT2D eigenvalue weighted by Gasteiger charge is 2.35. The summed E-state index contributed by atoms with van der Waals surface area (Å²) >= 11 is 0. The number of benzene rings is 5. The van der Waals surface area contributed by atoms with Crippen molar-refractivity contribution in [2.24, 2.45) is 0 Å².